The number of ether oxygens (including phenoxy) is 1. The van der Waals surface area contributed by atoms with Crippen molar-refractivity contribution >= 4 is 41.3 Å². The maximum atomic E-state index is 5.39. The van der Waals surface area contributed by atoms with Gasteiger partial charge in [0.15, 0.2) is 5.96 Å². The summed E-state index contributed by atoms with van der Waals surface area (Å²) >= 11 is 1.74. The summed E-state index contributed by atoms with van der Waals surface area (Å²) in [5.74, 6) is 1.80. The van der Waals surface area contributed by atoms with Gasteiger partial charge in [-0.2, -0.15) is 0 Å². The van der Waals surface area contributed by atoms with Gasteiger partial charge in [0, 0.05) is 56.5 Å². The van der Waals surface area contributed by atoms with E-state index in [2.05, 4.69) is 41.8 Å². The van der Waals surface area contributed by atoms with Gasteiger partial charge in [0.1, 0.15) is 5.76 Å². The summed E-state index contributed by atoms with van der Waals surface area (Å²) in [7, 11) is 0. The molecule has 0 unspecified atom stereocenters. The molecular weight excluding hydrogens is 499 g/mol. The number of hydrogen-bond acceptors (Lipinski definition) is 5. The summed E-state index contributed by atoms with van der Waals surface area (Å²) in [5, 5.41) is 10.1. The molecule has 6 nitrogen and oxygen atoms in total. The zero-order valence-corrected chi connectivity index (χ0v) is 21.1. The highest BCUT2D eigenvalue weighted by atomic mass is 127. The molecule has 0 saturated heterocycles. The van der Waals surface area contributed by atoms with Crippen molar-refractivity contribution in [2.45, 2.75) is 52.4 Å². The normalized spacial score (nSPS) is 11.9. The molecule has 8 heteroatoms. The summed E-state index contributed by atoms with van der Waals surface area (Å²) in [6.45, 7) is 12.4. The minimum atomic E-state index is 0. The number of rotatable bonds is 11. The van der Waals surface area contributed by atoms with Gasteiger partial charge in [0.05, 0.1) is 17.0 Å². The number of guanidine groups is 1. The Kier molecular flexibility index (Phi) is 12.5. The molecule has 0 radical (unpaired) electrons. The zero-order chi connectivity index (χ0) is 20.2. The molecule has 0 bridgehead atoms. The highest BCUT2D eigenvalue weighted by Crippen LogP contribution is 2.25. The van der Waals surface area contributed by atoms with Crippen molar-refractivity contribution < 1.29 is 9.15 Å². The van der Waals surface area contributed by atoms with Crippen LogP contribution in [0.1, 0.15) is 50.6 Å². The van der Waals surface area contributed by atoms with E-state index in [0.29, 0.717) is 0 Å². The van der Waals surface area contributed by atoms with E-state index in [-0.39, 0.29) is 29.4 Å². The third-order valence-electron chi connectivity index (χ3n) is 4.03. The molecule has 0 aromatic carbocycles. The van der Waals surface area contributed by atoms with E-state index in [1.807, 2.05) is 19.1 Å². The van der Waals surface area contributed by atoms with E-state index in [0.717, 1.165) is 69.5 Å². The Hall–Kier alpha value is -1.13. The summed E-state index contributed by atoms with van der Waals surface area (Å²) < 4.78 is 10.8. The number of hydrogen-bond donors (Lipinski definition) is 2. The molecule has 0 aliphatic heterocycles. The largest absolute Gasteiger partial charge is 0.469 e. The first-order valence-corrected chi connectivity index (χ1v) is 10.9. The van der Waals surface area contributed by atoms with E-state index < -0.39 is 0 Å². The number of nitrogens with one attached hydrogen (secondary N) is 2. The van der Waals surface area contributed by atoms with Gasteiger partial charge in [-0.25, -0.2) is 4.98 Å². The fourth-order valence-electron chi connectivity index (χ4n) is 2.51. The minimum Gasteiger partial charge on any atom is -0.469 e. The molecule has 2 aromatic rings. The maximum Gasteiger partial charge on any atom is 0.191 e. The first kappa shape index (κ1) is 25.9. The van der Waals surface area contributed by atoms with Crippen molar-refractivity contribution in [3.8, 4) is 0 Å². The lowest BCUT2D eigenvalue weighted by Crippen LogP contribution is -2.39. The highest BCUT2D eigenvalue weighted by Gasteiger charge is 2.17. The average Bonchev–Trinajstić information content (AvgIpc) is 3.32. The zero-order valence-electron chi connectivity index (χ0n) is 18.0. The van der Waals surface area contributed by atoms with Crippen LogP contribution in [0.5, 0.6) is 0 Å². The van der Waals surface area contributed by atoms with Crippen molar-refractivity contribution in [1.29, 1.82) is 0 Å². The van der Waals surface area contributed by atoms with Crippen molar-refractivity contribution in [2.24, 2.45) is 4.99 Å². The van der Waals surface area contributed by atoms with Crippen LogP contribution >= 0.6 is 35.3 Å². The van der Waals surface area contributed by atoms with Crippen LogP contribution in [0.2, 0.25) is 0 Å². The fourth-order valence-corrected chi connectivity index (χ4v) is 3.45. The molecule has 0 saturated carbocycles. The van der Waals surface area contributed by atoms with Gasteiger partial charge >= 0.3 is 0 Å². The average molecular weight is 535 g/mol. The Morgan fingerprint density at radius 3 is 2.62 bits per heavy atom. The van der Waals surface area contributed by atoms with E-state index in [4.69, 9.17) is 14.1 Å². The SMILES string of the molecule is CCOCCCN=C(NCCc1csc(C(C)(C)C)n1)NCCc1ccco1.I. The topological polar surface area (TPSA) is 71.7 Å². The van der Waals surface area contributed by atoms with Gasteiger partial charge in [-0.15, -0.1) is 35.3 Å². The first-order valence-electron chi connectivity index (χ1n) is 10.1. The van der Waals surface area contributed by atoms with Crippen LogP contribution in [-0.2, 0) is 23.0 Å². The number of nitrogens with zero attached hydrogens (tertiary/aromatic N) is 2. The Labute approximate surface area is 196 Å². The van der Waals surface area contributed by atoms with Crippen molar-refractivity contribution in [2.75, 3.05) is 32.8 Å². The number of thiazole rings is 1. The molecule has 164 valence electrons. The van der Waals surface area contributed by atoms with E-state index in [1.165, 1.54) is 5.01 Å². The smallest absolute Gasteiger partial charge is 0.191 e. The molecule has 2 aromatic heterocycles. The van der Waals surface area contributed by atoms with Crippen molar-refractivity contribution in [3.63, 3.8) is 0 Å². The van der Waals surface area contributed by atoms with E-state index >= 15 is 0 Å². The van der Waals surface area contributed by atoms with Crippen LogP contribution in [0.4, 0.5) is 0 Å². The van der Waals surface area contributed by atoms with Crippen LogP contribution in [0, 0.1) is 0 Å². The number of furan rings is 1. The van der Waals surface area contributed by atoms with Crippen LogP contribution in [-0.4, -0.2) is 43.8 Å². The second-order valence-corrected chi connectivity index (χ2v) is 8.47. The Morgan fingerprint density at radius 1 is 1.24 bits per heavy atom. The van der Waals surface area contributed by atoms with Crippen LogP contribution < -0.4 is 10.6 Å². The van der Waals surface area contributed by atoms with Gasteiger partial charge in [0.2, 0.25) is 0 Å². The molecule has 2 N–H and O–H groups in total. The van der Waals surface area contributed by atoms with Gasteiger partial charge in [-0.3, -0.25) is 4.99 Å². The van der Waals surface area contributed by atoms with Gasteiger partial charge < -0.3 is 19.8 Å². The molecule has 0 aliphatic carbocycles. The first-order chi connectivity index (χ1) is 13.5. The molecule has 0 fully saturated rings. The molecule has 0 aliphatic rings. The maximum absolute atomic E-state index is 5.39. The van der Waals surface area contributed by atoms with E-state index in [1.54, 1.807) is 17.6 Å². The fraction of sp³-hybridized carbons (Fsp3) is 0.619. The molecule has 2 heterocycles. The van der Waals surface area contributed by atoms with Gasteiger partial charge in [-0.05, 0) is 25.5 Å². The van der Waals surface area contributed by atoms with Gasteiger partial charge in [0.25, 0.3) is 0 Å². The van der Waals surface area contributed by atoms with Crippen molar-refractivity contribution in [3.05, 3.63) is 40.2 Å². The van der Waals surface area contributed by atoms with Crippen molar-refractivity contribution in [1.82, 2.24) is 15.6 Å². The Bertz CT molecular complexity index is 696. The van der Waals surface area contributed by atoms with Gasteiger partial charge in [-0.1, -0.05) is 20.8 Å². The molecular formula is C21H35IN4O2S. The molecule has 0 amide bonds. The third-order valence-corrected chi connectivity index (χ3v) is 5.35. The quantitative estimate of drug-likeness (QED) is 0.194. The lowest BCUT2D eigenvalue weighted by atomic mass is 9.98. The second-order valence-electron chi connectivity index (χ2n) is 7.61. The third kappa shape index (κ3) is 10.5. The number of aromatic nitrogens is 1. The molecule has 29 heavy (non-hydrogen) atoms. The molecule has 0 atom stereocenters. The molecule has 2 rings (SSSR count). The summed E-state index contributed by atoms with van der Waals surface area (Å²) in [6, 6.07) is 3.90. The van der Waals surface area contributed by atoms with E-state index in [9.17, 15) is 0 Å². The summed E-state index contributed by atoms with van der Waals surface area (Å²) in [6.07, 6.45) is 4.33. The lowest BCUT2D eigenvalue weighted by molar-refractivity contribution is 0.146. The predicted molar refractivity (Wildman–Crippen MR) is 132 cm³/mol. The Morgan fingerprint density at radius 2 is 2.00 bits per heavy atom. The summed E-state index contributed by atoms with van der Waals surface area (Å²) in [4.78, 5) is 9.42. The van der Waals surface area contributed by atoms with Crippen LogP contribution in [0.3, 0.4) is 0 Å². The summed E-state index contributed by atoms with van der Waals surface area (Å²) in [5.41, 5.74) is 1.24. The number of halogens is 1. The standard InChI is InChI=1S/C21H34N4O2S.HI/c1-5-26-14-7-11-22-20(24-13-10-18-8-6-15-27-18)23-12-9-17-16-28-19(25-17)21(2,3)4;/h6,8,15-16H,5,7,9-14H2,1-4H3,(H2,22,23,24);1H. The van der Waals surface area contributed by atoms with Crippen LogP contribution in [0.25, 0.3) is 0 Å². The number of aliphatic imine (C=N–C) groups is 1. The predicted octanol–water partition coefficient (Wildman–Crippen LogP) is 4.40. The lowest BCUT2D eigenvalue weighted by Gasteiger charge is -2.14. The highest BCUT2D eigenvalue weighted by molar-refractivity contribution is 14.0. The molecule has 0 spiro atoms. The Balaban J connectivity index is 0.00000420. The van der Waals surface area contributed by atoms with Crippen LogP contribution in [0.15, 0.2) is 33.2 Å². The monoisotopic (exact) mass is 534 g/mol. The second kappa shape index (κ2) is 14.0. The minimum absolute atomic E-state index is 0.